The summed E-state index contributed by atoms with van der Waals surface area (Å²) in [4.78, 5) is 0. The van der Waals surface area contributed by atoms with Crippen molar-refractivity contribution in [2.75, 3.05) is 0 Å². The maximum atomic E-state index is 9.25. The Morgan fingerprint density at radius 2 is 1.77 bits per heavy atom. The van der Waals surface area contributed by atoms with Crippen LogP contribution in [-0.4, -0.2) is 28.5 Å². The number of benzene rings is 2. The van der Waals surface area contributed by atoms with E-state index in [-0.39, 0.29) is 0 Å². The molecule has 22 heavy (non-hydrogen) atoms. The summed E-state index contributed by atoms with van der Waals surface area (Å²) in [6, 6.07) is 16.8. The third kappa shape index (κ3) is 5.03. The molecule has 0 radical (unpaired) electrons. The molecule has 0 spiro atoms. The molecule has 4 N–H and O–H groups in total. The molecule has 0 aliphatic heterocycles. The fourth-order valence-electron chi connectivity index (χ4n) is 1.77. The monoisotopic (exact) mass is 313 g/mol. The van der Waals surface area contributed by atoms with E-state index in [1.54, 1.807) is 24.3 Å². The Hall–Kier alpha value is -2.09. The van der Waals surface area contributed by atoms with Gasteiger partial charge in [0.2, 0.25) is 0 Å². The first-order chi connectivity index (χ1) is 10.7. The zero-order valence-corrected chi connectivity index (χ0v) is 12.6. The Labute approximate surface area is 133 Å². The average Bonchev–Trinajstić information content (AvgIpc) is 2.54. The lowest BCUT2D eigenvalue weighted by atomic mass is 9.77. The minimum absolute atomic E-state index is 0.349. The molecule has 0 aromatic heterocycles. The minimum Gasteiger partial charge on any atom is -0.423 e. The van der Waals surface area contributed by atoms with Crippen molar-refractivity contribution in [1.29, 1.82) is 0 Å². The Kier molecular flexibility index (Phi) is 6.20. The third-order valence-corrected chi connectivity index (χ3v) is 3.71. The van der Waals surface area contributed by atoms with Gasteiger partial charge < -0.3 is 15.8 Å². The highest BCUT2D eigenvalue weighted by atomic mass is 32.2. The number of nitrogens with zero attached hydrogens (tertiary/aromatic N) is 2. The SMILES string of the molecule is NC(=NN=Cc1ccccc1B(O)O)SCc1ccccc1. The fourth-order valence-corrected chi connectivity index (χ4v) is 2.38. The molecule has 2 rings (SSSR count). The molecule has 5 nitrogen and oxygen atoms in total. The van der Waals surface area contributed by atoms with E-state index < -0.39 is 7.12 Å². The van der Waals surface area contributed by atoms with Gasteiger partial charge >= 0.3 is 7.12 Å². The summed E-state index contributed by atoms with van der Waals surface area (Å²) in [5.41, 5.74) is 7.90. The van der Waals surface area contributed by atoms with Gasteiger partial charge in [0.05, 0.1) is 6.21 Å². The van der Waals surface area contributed by atoms with Crippen LogP contribution in [0.1, 0.15) is 11.1 Å². The van der Waals surface area contributed by atoms with Gasteiger partial charge in [-0.15, -0.1) is 5.10 Å². The van der Waals surface area contributed by atoms with Crippen LogP contribution in [0.4, 0.5) is 0 Å². The van der Waals surface area contributed by atoms with E-state index in [0.29, 0.717) is 16.2 Å². The van der Waals surface area contributed by atoms with Gasteiger partial charge in [0.1, 0.15) is 0 Å². The van der Waals surface area contributed by atoms with Crippen LogP contribution in [0.25, 0.3) is 0 Å². The maximum absolute atomic E-state index is 9.25. The molecule has 0 fully saturated rings. The summed E-state index contributed by atoms with van der Waals surface area (Å²) in [6.07, 6.45) is 1.45. The first-order valence-electron chi connectivity index (χ1n) is 6.65. The van der Waals surface area contributed by atoms with Crippen molar-refractivity contribution in [2.24, 2.45) is 15.9 Å². The molecule has 2 aromatic carbocycles. The third-order valence-electron chi connectivity index (χ3n) is 2.86. The van der Waals surface area contributed by atoms with E-state index in [1.807, 2.05) is 30.3 Å². The summed E-state index contributed by atoms with van der Waals surface area (Å²) in [6.45, 7) is 0. The molecule has 7 heteroatoms. The van der Waals surface area contributed by atoms with E-state index >= 15 is 0 Å². The van der Waals surface area contributed by atoms with Gasteiger partial charge in [-0.2, -0.15) is 5.10 Å². The molecule has 0 aliphatic carbocycles. The second-order valence-electron chi connectivity index (χ2n) is 4.46. The molecule has 0 saturated heterocycles. The van der Waals surface area contributed by atoms with Crippen LogP contribution in [0.2, 0.25) is 0 Å². The Morgan fingerprint density at radius 1 is 1.09 bits per heavy atom. The largest absolute Gasteiger partial charge is 0.489 e. The van der Waals surface area contributed by atoms with E-state index in [2.05, 4.69) is 10.2 Å². The van der Waals surface area contributed by atoms with E-state index in [0.717, 1.165) is 11.3 Å². The van der Waals surface area contributed by atoms with Crippen molar-refractivity contribution in [3.05, 3.63) is 65.7 Å². The predicted octanol–water partition coefficient (Wildman–Crippen LogP) is 0.948. The molecular formula is C15H16BN3O2S. The Morgan fingerprint density at radius 3 is 2.50 bits per heavy atom. The van der Waals surface area contributed by atoms with Crippen molar-refractivity contribution in [2.45, 2.75) is 5.75 Å². The van der Waals surface area contributed by atoms with Crippen LogP contribution in [0, 0.1) is 0 Å². The van der Waals surface area contributed by atoms with Crippen molar-refractivity contribution < 1.29 is 10.0 Å². The van der Waals surface area contributed by atoms with Crippen LogP contribution in [0.15, 0.2) is 64.8 Å². The highest BCUT2D eigenvalue weighted by Gasteiger charge is 2.13. The van der Waals surface area contributed by atoms with E-state index in [4.69, 9.17) is 5.73 Å². The second-order valence-corrected chi connectivity index (χ2v) is 5.46. The smallest absolute Gasteiger partial charge is 0.423 e. The van der Waals surface area contributed by atoms with Crippen molar-refractivity contribution in [1.82, 2.24) is 0 Å². The number of hydrogen-bond donors (Lipinski definition) is 3. The first-order valence-corrected chi connectivity index (χ1v) is 7.63. The number of thioether (sulfide) groups is 1. The number of nitrogens with two attached hydrogens (primary N) is 1. The summed E-state index contributed by atoms with van der Waals surface area (Å²) < 4.78 is 0. The van der Waals surface area contributed by atoms with Gasteiger partial charge in [-0.3, -0.25) is 0 Å². The summed E-state index contributed by atoms with van der Waals surface area (Å²) in [5, 5.41) is 26.6. The maximum Gasteiger partial charge on any atom is 0.489 e. The minimum atomic E-state index is -1.54. The lowest BCUT2D eigenvalue weighted by Gasteiger charge is -2.02. The highest BCUT2D eigenvalue weighted by Crippen LogP contribution is 2.11. The Balaban J connectivity index is 1.96. The topological polar surface area (TPSA) is 91.2 Å². The van der Waals surface area contributed by atoms with Gasteiger partial charge in [0.15, 0.2) is 5.17 Å². The summed E-state index contributed by atoms with van der Waals surface area (Å²) in [7, 11) is -1.54. The van der Waals surface area contributed by atoms with Crippen LogP contribution < -0.4 is 11.2 Å². The lowest BCUT2D eigenvalue weighted by Crippen LogP contribution is -2.32. The average molecular weight is 313 g/mol. The molecule has 0 heterocycles. The standard InChI is InChI=1S/C15H16BN3O2S/c17-15(22-11-12-6-2-1-3-7-12)19-18-10-13-8-4-5-9-14(13)16(20)21/h1-10,20-21H,11H2,(H2,17,19). The van der Waals surface area contributed by atoms with Gasteiger partial charge in [0.25, 0.3) is 0 Å². The molecule has 2 aromatic rings. The van der Waals surface area contributed by atoms with Gasteiger partial charge in [-0.25, -0.2) is 0 Å². The molecule has 0 aliphatic rings. The predicted molar refractivity (Wildman–Crippen MR) is 93.2 cm³/mol. The lowest BCUT2D eigenvalue weighted by molar-refractivity contribution is 0.425. The Bertz CT molecular complexity index is 663. The van der Waals surface area contributed by atoms with Crippen molar-refractivity contribution >= 4 is 35.7 Å². The van der Waals surface area contributed by atoms with Gasteiger partial charge in [-0.1, -0.05) is 66.4 Å². The van der Waals surface area contributed by atoms with Crippen LogP contribution >= 0.6 is 11.8 Å². The van der Waals surface area contributed by atoms with Crippen LogP contribution in [-0.2, 0) is 5.75 Å². The van der Waals surface area contributed by atoms with Gasteiger partial charge in [-0.05, 0) is 16.6 Å². The van der Waals surface area contributed by atoms with Crippen LogP contribution in [0.5, 0.6) is 0 Å². The van der Waals surface area contributed by atoms with E-state index in [1.165, 1.54) is 18.0 Å². The molecular weight excluding hydrogens is 297 g/mol. The molecule has 0 amide bonds. The number of amidine groups is 1. The quantitative estimate of drug-likeness (QED) is 0.332. The second kappa shape index (κ2) is 8.38. The summed E-state index contributed by atoms with van der Waals surface area (Å²) >= 11 is 1.39. The molecule has 112 valence electrons. The normalized spacial score (nSPS) is 11.8. The number of rotatable bonds is 5. The van der Waals surface area contributed by atoms with E-state index in [9.17, 15) is 10.0 Å². The number of hydrogen-bond acceptors (Lipinski definition) is 5. The van der Waals surface area contributed by atoms with Crippen molar-refractivity contribution in [3.63, 3.8) is 0 Å². The molecule has 0 unspecified atom stereocenters. The highest BCUT2D eigenvalue weighted by molar-refractivity contribution is 8.13. The zero-order valence-electron chi connectivity index (χ0n) is 11.8. The first kappa shape index (κ1) is 16.3. The summed E-state index contributed by atoms with van der Waals surface area (Å²) in [5.74, 6) is 0.720. The fraction of sp³-hybridized carbons (Fsp3) is 0.0667. The molecule has 0 atom stereocenters. The zero-order chi connectivity index (χ0) is 15.8. The van der Waals surface area contributed by atoms with Gasteiger partial charge in [0, 0.05) is 5.75 Å². The molecule has 0 saturated carbocycles. The van der Waals surface area contributed by atoms with Crippen molar-refractivity contribution in [3.8, 4) is 0 Å². The molecule has 0 bridgehead atoms. The van der Waals surface area contributed by atoms with Crippen LogP contribution in [0.3, 0.4) is 0 Å².